The Morgan fingerprint density at radius 3 is 3.36 bits per heavy atom. The van der Waals surface area contributed by atoms with Crippen LogP contribution in [-0.2, 0) is 6.42 Å². The fourth-order valence-electron chi connectivity index (χ4n) is 1.27. The predicted molar refractivity (Wildman–Crippen MR) is 39.3 cm³/mol. The first-order valence-electron chi connectivity index (χ1n) is 3.57. The zero-order chi connectivity index (χ0) is 7.84. The summed E-state index contributed by atoms with van der Waals surface area (Å²) in [6.07, 6.45) is 2.48. The molecule has 1 aliphatic rings. The van der Waals surface area contributed by atoms with E-state index >= 15 is 0 Å². The van der Waals surface area contributed by atoms with Crippen LogP contribution in [0.15, 0.2) is 6.20 Å². The van der Waals surface area contributed by atoms with E-state index < -0.39 is 0 Å². The van der Waals surface area contributed by atoms with Gasteiger partial charge in [-0.3, -0.25) is 9.89 Å². The Bertz CT molecular complexity index is 292. The Morgan fingerprint density at radius 2 is 2.55 bits per heavy atom. The highest BCUT2D eigenvalue weighted by Gasteiger charge is 2.22. The molecule has 1 N–H and O–H groups in total. The summed E-state index contributed by atoms with van der Waals surface area (Å²) < 4.78 is 0. The Morgan fingerprint density at radius 1 is 1.73 bits per heavy atom. The average molecular weight is 151 g/mol. The van der Waals surface area contributed by atoms with Gasteiger partial charge in [0.2, 0.25) is 0 Å². The lowest BCUT2D eigenvalue weighted by Crippen LogP contribution is -2.33. The van der Waals surface area contributed by atoms with Crippen molar-refractivity contribution in [2.75, 3.05) is 13.6 Å². The molecule has 0 aromatic carbocycles. The number of hydrogen-bond donors (Lipinski definition) is 1. The fourth-order valence-corrected chi connectivity index (χ4v) is 1.27. The van der Waals surface area contributed by atoms with Crippen molar-refractivity contribution in [3.8, 4) is 0 Å². The molecule has 1 aromatic rings. The molecule has 1 aliphatic heterocycles. The first kappa shape index (κ1) is 6.39. The molecule has 0 radical (unpaired) electrons. The highest BCUT2D eigenvalue weighted by molar-refractivity contribution is 5.95. The van der Waals surface area contributed by atoms with E-state index in [0.717, 1.165) is 24.2 Å². The summed E-state index contributed by atoms with van der Waals surface area (Å²) in [5.74, 6) is 0.0694. The molecule has 2 heterocycles. The highest BCUT2D eigenvalue weighted by atomic mass is 16.2. The molecule has 2 rings (SSSR count). The molecule has 58 valence electrons. The summed E-state index contributed by atoms with van der Waals surface area (Å²) in [6, 6.07) is 0. The first-order chi connectivity index (χ1) is 5.29. The van der Waals surface area contributed by atoms with Crippen LogP contribution in [0.2, 0.25) is 0 Å². The van der Waals surface area contributed by atoms with E-state index in [1.165, 1.54) is 0 Å². The SMILES string of the molecule is CN1CCc2[nH]ncc2C1=O. The molecule has 0 saturated carbocycles. The molecule has 0 bridgehead atoms. The summed E-state index contributed by atoms with van der Waals surface area (Å²) in [5.41, 5.74) is 1.69. The second-order valence-electron chi connectivity index (χ2n) is 2.74. The van der Waals surface area contributed by atoms with Gasteiger partial charge in [-0.05, 0) is 0 Å². The number of carbonyl (C=O) groups excluding carboxylic acids is 1. The molecular formula is C7H9N3O. The van der Waals surface area contributed by atoms with Crippen molar-refractivity contribution in [1.82, 2.24) is 15.1 Å². The minimum Gasteiger partial charge on any atom is -0.341 e. The van der Waals surface area contributed by atoms with Gasteiger partial charge in [-0.25, -0.2) is 0 Å². The number of aromatic amines is 1. The van der Waals surface area contributed by atoms with Crippen LogP contribution < -0.4 is 0 Å². The van der Waals surface area contributed by atoms with E-state index in [-0.39, 0.29) is 5.91 Å². The Balaban J connectivity index is 2.46. The number of rotatable bonds is 0. The number of fused-ring (bicyclic) bond motifs is 1. The van der Waals surface area contributed by atoms with Gasteiger partial charge in [0, 0.05) is 25.7 Å². The van der Waals surface area contributed by atoms with Gasteiger partial charge in [-0.2, -0.15) is 5.10 Å². The number of hydrogen-bond acceptors (Lipinski definition) is 2. The molecule has 0 atom stereocenters. The molecule has 1 amide bonds. The Labute approximate surface area is 64.2 Å². The van der Waals surface area contributed by atoms with Crippen molar-refractivity contribution in [3.63, 3.8) is 0 Å². The second-order valence-corrected chi connectivity index (χ2v) is 2.74. The Hall–Kier alpha value is -1.32. The number of H-pyrrole nitrogens is 1. The summed E-state index contributed by atoms with van der Waals surface area (Å²) in [7, 11) is 1.80. The molecule has 1 aromatic heterocycles. The smallest absolute Gasteiger partial charge is 0.257 e. The van der Waals surface area contributed by atoms with Crippen LogP contribution in [-0.4, -0.2) is 34.6 Å². The van der Waals surface area contributed by atoms with Crippen LogP contribution in [0.5, 0.6) is 0 Å². The van der Waals surface area contributed by atoms with Gasteiger partial charge < -0.3 is 4.90 Å². The van der Waals surface area contributed by atoms with Gasteiger partial charge in [0.15, 0.2) is 0 Å². The van der Waals surface area contributed by atoms with Crippen LogP contribution >= 0.6 is 0 Å². The van der Waals surface area contributed by atoms with Gasteiger partial charge in [0.1, 0.15) is 0 Å². The minimum atomic E-state index is 0.0694. The van der Waals surface area contributed by atoms with E-state index in [1.54, 1.807) is 18.1 Å². The van der Waals surface area contributed by atoms with Crippen molar-refractivity contribution in [2.45, 2.75) is 6.42 Å². The van der Waals surface area contributed by atoms with Gasteiger partial charge in [0.25, 0.3) is 5.91 Å². The van der Waals surface area contributed by atoms with E-state index in [2.05, 4.69) is 10.2 Å². The van der Waals surface area contributed by atoms with Crippen molar-refractivity contribution >= 4 is 5.91 Å². The van der Waals surface area contributed by atoms with Crippen molar-refractivity contribution in [1.29, 1.82) is 0 Å². The summed E-state index contributed by atoms with van der Waals surface area (Å²) in [6.45, 7) is 0.786. The standard InChI is InChI=1S/C7H9N3O/c1-10-3-2-6-5(7(10)11)4-8-9-6/h4H,2-3H2,1H3,(H,8,9). The molecule has 0 unspecified atom stereocenters. The third-order valence-corrected chi connectivity index (χ3v) is 1.99. The molecular weight excluding hydrogens is 142 g/mol. The number of aromatic nitrogens is 2. The zero-order valence-electron chi connectivity index (χ0n) is 6.29. The summed E-state index contributed by atoms with van der Waals surface area (Å²) >= 11 is 0. The van der Waals surface area contributed by atoms with Crippen molar-refractivity contribution < 1.29 is 4.79 Å². The lowest BCUT2D eigenvalue weighted by molar-refractivity contribution is 0.0780. The van der Waals surface area contributed by atoms with Crippen molar-refractivity contribution in [2.24, 2.45) is 0 Å². The minimum absolute atomic E-state index is 0.0694. The average Bonchev–Trinajstić information content (AvgIpc) is 2.45. The highest BCUT2D eigenvalue weighted by Crippen LogP contribution is 2.13. The molecule has 0 fully saturated rings. The largest absolute Gasteiger partial charge is 0.341 e. The summed E-state index contributed by atoms with van der Waals surface area (Å²) in [5, 5.41) is 6.63. The van der Waals surface area contributed by atoms with Gasteiger partial charge in [-0.1, -0.05) is 0 Å². The van der Waals surface area contributed by atoms with Crippen LogP contribution in [0.1, 0.15) is 16.1 Å². The zero-order valence-corrected chi connectivity index (χ0v) is 6.29. The Kier molecular flexibility index (Phi) is 1.21. The number of carbonyl (C=O) groups is 1. The summed E-state index contributed by atoms with van der Waals surface area (Å²) in [4.78, 5) is 13.0. The van der Waals surface area contributed by atoms with Gasteiger partial charge in [-0.15, -0.1) is 0 Å². The molecule has 0 spiro atoms. The van der Waals surface area contributed by atoms with Gasteiger partial charge >= 0.3 is 0 Å². The predicted octanol–water partition coefficient (Wildman–Crippen LogP) is 0.0378. The topological polar surface area (TPSA) is 49.0 Å². The number of nitrogens with zero attached hydrogens (tertiary/aromatic N) is 2. The first-order valence-corrected chi connectivity index (χ1v) is 3.57. The van der Waals surface area contributed by atoms with Crippen molar-refractivity contribution in [3.05, 3.63) is 17.5 Å². The normalized spacial score (nSPS) is 16.8. The van der Waals surface area contributed by atoms with E-state index in [4.69, 9.17) is 0 Å². The van der Waals surface area contributed by atoms with Crippen LogP contribution in [0.4, 0.5) is 0 Å². The maximum atomic E-state index is 11.3. The molecule has 0 aliphatic carbocycles. The molecule has 0 saturated heterocycles. The van der Waals surface area contributed by atoms with E-state index in [0.29, 0.717) is 0 Å². The van der Waals surface area contributed by atoms with Crippen LogP contribution in [0.25, 0.3) is 0 Å². The monoisotopic (exact) mass is 151 g/mol. The lowest BCUT2D eigenvalue weighted by atomic mass is 10.1. The number of likely N-dealkylation sites (N-methyl/N-ethyl adjacent to an activating group) is 1. The second kappa shape index (κ2) is 2.08. The van der Waals surface area contributed by atoms with Crippen LogP contribution in [0, 0.1) is 0 Å². The molecule has 4 nitrogen and oxygen atoms in total. The number of nitrogens with one attached hydrogen (secondary N) is 1. The maximum Gasteiger partial charge on any atom is 0.257 e. The maximum absolute atomic E-state index is 11.3. The number of amides is 1. The third kappa shape index (κ3) is 0.824. The lowest BCUT2D eigenvalue weighted by Gasteiger charge is -2.21. The molecule has 4 heteroatoms. The van der Waals surface area contributed by atoms with Crippen LogP contribution in [0.3, 0.4) is 0 Å². The van der Waals surface area contributed by atoms with E-state index in [9.17, 15) is 4.79 Å². The van der Waals surface area contributed by atoms with Gasteiger partial charge in [0.05, 0.1) is 11.8 Å². The van der Waals surface area contributed by atoms with E-state index in [1.807, 2.05) is 0 Å². The third-order valence-electron chi connectivity index (χ3n) is 1.99. The molecule has 11 heavy (non-hydrogen) atoms. The quantitative estimate of drug-likeness (QED) is 0.569. The fraction of sp³-hybridized carbons (Fsp3) is 0.429.